The van der Waals surface area contributed by atoms with Crippen molar-refractivity contribution in [3.05, 3.63) is 105 Å². The number of carbonyl (C=O) groups excluding carboxylic acids is 6. The molecule has 78 heavy (non-hydrogen) atoms. The molecule has 5 amide bonds. The van der Waals surface area contributed by atoms with Gasteiger partial charge in [-0.2, -0.15) is 4.31 Å². The molecule has 4 aliphatic rings. The van der Waals surface area contributed by atoms with E-state index in [0.717, 1.165) is 39.8 Å². The minimum absolute atomic E-state index is 0.0269. The van der Waals surface area contributed by atoms with E-state index in [0.29, 0.717) is 66.9 Å². The maximum absolute atomic E-state index is 16.3. The molecule has 1 unspecified atom stereocenters. The molecule has 0 radical (unpaired) electrons. The van der Waals surface area contributed by atoms with Crippen molar-refractivity contribution < 1.29 is 55.8 Å². The number of nitrogens with zero attached hydrogens (tertiary/aromatic N) is 3. The van der Waals surface area contributed by atoms with E-state index in [1.165, 1.54) is 27.4 Å². The molecule has 414 valence electrons. The van der Waals surface area contributed by atoms with Crippen LogP contribution < -0.4 is 25.6 Å². The van der Waals surface area contributed by atoms with Gasteiger partial charge in [-0.15, -0.1) is 11.3 Å². The van der Waals surface area contributed by atoms with Crippen LogP contribution in [0.5, 0.6) is 5.75 Å². The molecule has 17 nitrogen and oxygen atoms in total. The molecule has 3 saturated heterocycles. The minimum Gasteiger partial charge on any atom is -0.479 e. The molecule has 3 N–H and O–H groups in total. The lowest BCUT2D eigenvalue weighted by molar-refractivity contribution is -0.157. The van der Waals surface area contributed by atoms with Gasteiger partial charge in [0.1, 0.15) is 16.7 Å². The van der Waals surface area contributed by atoms with E-state index in [9.17, 15) is 37.2 Å². The Hall–Kier alpha value is -6.61. The highest BCUT2D eigenvalue weighted by Crippen LogP contribution is 2.47. The van der Waals surface area contributed by atoms with Crippen molar-refractivity contribution in [2.24, 2.45) is 0 Å². The Labute approximate surface area is 462 Å². The number of sulfonamides is 1. The molecule has 3 fully saturated rings. The second-order valence-corrected chi connectivity index (χ2v) is 25.1. The van der Waals surface area contributed by atoms with Crippen molar-refractivity contribution in [3.8, 4) is 16.2 Å². The Bertz CT molecular complexity index is 3320. The zero-order valence-electron chi connectivity index (χ0n) is 44.5. The summed E-state index contributed by atoms with van der Waals surface area (Å²) in [6, 6.07) is 19.6. The molecule has 4 aliphatic heterocycles. The number of esters is 2. The van der Waals surface area contributed by atoms with E-state index in [1.807, 2.05) is 69.3 Å². The second-order valence-electron chi connectivity index (χ2n) is 21.8. The number of hydrogen-bond donors (Lipinski definition) is 3. The maximum Gasteiger partial charge on any atom is 0.352 e. The van der Waals surface area contributed by atoms with E-state index in [2.05, 4.69) is 16.0 Å². The number of likely N-dealkylation sites (tertiary alicyclic amines) is 1. The number of hydrogen-bond acceptors (Lipinski definition) is 13. The summed E-state index contributed by atoms with van der Waals surface area (Å²) in [5.74, 6) is -3.79. The number of urea groups is 1. The molecule has 21 heteroatoms. The van der Waals surface area contributed by atoms with Gasteiger partial charge in [-0.05, 0) is 126 Å². The number of piperidine rings is 3. The number of thiophene rings is 1. The number of amides is 5. The Balaban J connectivity index is 0.814. The van der Waals surface area contributed by atoms with Crippen LogP contribution in [-0.4, -0.2) is 109 Å². The van der Waals surface area contributed by atoms with Crippen LogP contribution in [0, 0.1) is 5.82 Å². The van der Waals surface area contributed by atoms with Crippen LogP contribution in [0.1, 0.15) is 130 Å². The quantitative estimate of drug-likeness (QED) is 0.0479. The van der Waals surface area contributed by atoms with Crippen LogP contribution in [0.25, 0.3) is 21.2 Å². The highest BCUT2D eigenvalue weighted by molar-refractivity contribution is 7.88. The standard InChI is InChI=1S/C57H64ClFN6O11S2/c1-7-8-28-74-54(70)51-49(75-31-45(67)76-56(2,3)4)47(58)50(77-51)34-12-9-14-36(29-34)60-37-24-27-64(57(5,6)30-37)78(72,73)32-35-13-10-17-41(48(35)59)61-55(71)63-25-22-33(23-26-63)38-18-19-42-46-39(38)15-11-16-40(46)53(69)65(42)43-20-21-44(66)62-52(43)68/h9-19,29,33,37,43,60H,7-8,20-28,30-32H2,1-6H3,(H,61,71)(H,62,66,68)/t37-,43?/m0/s1. The smallest absolute Gasteiger partial charge is 0.352 e. The molecule has 1 aromatic heterocycles. The Morgan fingerprint density at radius 1 is 0.949 bits per heavy atom. The van der Waals surface area contributed by atoms with Crippen molar-refractivity contribution in [1.29, 1.82) is 0 Å². The number of halogens is 2. The molecule has 0 aliphatic carbocycles. The first-order chi connectivity index (χ1) is 37.0. The Morgan fingerprint density at radius 2 is 1.69 bits per heavy atom. The normalized spacial score (nSPS) is 18.9. The fourth-order valence-electron chi connectivity index (χ4n) is 11.0. The van der Waals surface area contributed by atoms with Crippen LogP contribution in [-0.2, 0) is 39.6 Å². The third-order valence-electron chi connectivity index (χ3n) is 14.6. The first-order valence-corrected chi connectivity index (χ1v) is 29.1. The van der Waals surface area contributed by atoms with Crippen LogP contribution >= 0.6 is 22.9 Å². The lowest BCUT2D eigenvalue weighted by atomic mass is 9.85. The summed E-state index contributed by atoms with van der Waals surface area (Å²) in [5, 5.41) is 10.4. The van der Waals surface area contributed by atoms with Gasteiger partial charge in [-0.25, -0.2) is 27.2 Å². The number of imide groups is 1. The zero-order valence-corrected chi connectivity index (χ0v) is 46.9. The fraction of sp³-hybridized carbons (Fsp3) is 0.439. The van der Waals surface area contributed by atoms with Gasteiger partial charge in [0.15, 0.2) is 23.1 Å². The third-order valence-corrected chi connectivity index (χ3v) is 18.3. The number of nitrogens with one attached hydrogen (secondary N) is 3. The largest absolute Gasteiger partial charge is 0.479 e. The van der Waals surface area contributed by atoms with Crippen molar-refractivity contribution >= 4 is 96.5 Å². The lowest BCUT2D eigenvalue weighted by Gasteiger charge is -2.45. The maximum atomic E-state index is 16.3. The average Bonchev–Trinajstić information content (AvgIpc) is 4.10. The van der Waals surface area contributed by atoms with Gasteiger partial charge in [-0.1, -0.05) is 67.4 Å². The number of benzene rings is 4. The number of ether oxygens (including phenoxy) is 3. The molecule has 9 rings (SSSR count). The molecule has 2 atom stereocenters. The molecule has 0 spiro atoms. The van der Waals surface area contributed by atoms with Gasteiger partial charge in [0, 0.05) is 59.8 Å². The predicted octanol–water partition coefficient (Wildman–Crippen LogP) is 10.4. The van der Waals surface area contributed by atoms with Crippen molar-refractivity contribution in [1.82, 2.24) is 14.5 Å². The summed E-state index contributed by atoms with van der Waals surface area (Å²) >= 11 is 7.99. The summed E-state index contributed by atoms with van der Waals surface area (Å²) in [6.07, 6.45) is 3.89. The third kappa shape index (κ3) is 11.9. The summed E-state index contributed by atoms with van der Waals surface area (Å²) in [4.78, 5) is 81.7. The molecule has 5 heterocycles. The van der Waals surface area contributed by atoms with Gasteiger partial charge in [-0.3, -0.25) is 24.6 Å². The van der Waals surface area contributed by atoms with Crippen LogP contribution in [0.3, 0.4) is 0 Å². The summed E-state index contributed by atoms with van der Waals surface area (Å²) in [5.41, 5.74) is 1.69. The van der Waals surface area contributed by atoms with Gasteiger partial charge in [0.25, 0.3) is 5.91 Å². The lowest BCUT2D eigenvalue weighted by Crippen LogP contribution is -2.55. The first kappa shape index (κ1) is 56.1. The monoisotopic (exact) mass is 1130 g/mol. The van der Waals surface area contributed by atoms with E-state index in [4.69, 9.17) is 25.8 Å². The molecule has 0 saturated carbocycles. The van der Waals surface area contributed by atoms with Gasteiger partial charge in [0.2, 0.25) is 21.8 Å². The molecule has 5 aromatic rings. The van der Waals surface area contributed by atoms with E-state index in [1.54, 1.807) is 31.7 Å². The summed E-state index contributed by atoms with van der Waals surface area (Å²) in [6.45, 7) is 11.5. The van der Waals surface area contributed by atoms with Gasteiger partial charge in [0.05, 0.1) is 28.6 Å². The summed E-state index contributed by atoms with van der Waals surface area (Å²) < 4.78 is 62.9. The number of rotatable bonds is 16. The average molecular weight is 1130 g/mol. The SMILES string of the molecule is CCCCOC(=O)c1sc(-c2cccc(N[C@H]3CCN(S(=O)(=O)Cc4cccc(NC(=O)N5CCC(c6ccc7c8c(cccc68)C(=O)N7C6CCC(=O)NC6=O)CC5)c4F)C(C)(C)C3)c2)c(Cl)c1OCC(=O)OC(C)(C)C. The molecular weight excluding hydrogens is 1060 g/mol. The Morgan fingerprint density at radius 3 is 2.41 bits per heavy atom. The highest BCUT2D eigenvalue weighted by Gasteiger charge is 2.43. The van der Waals surface area contributed by atoms with Gasteiger partial charge < -0.3 is 29.7 Å². The topological polar surface area (TPSA) is 210 Å². The van der Waals surface area contributed by atoms with Crippen LogP contribution in [0.2, 0.25) is 5.02 Å². The molecule has 0 bridgehead atoms. The van der Waals surface area contributed by atoms with Crippen molar-refractivity contribution in [3.63, 3.8) is 0 Å². The van der Waals surface area contributed by atoms with Crippen LogP contribution in [0.15, 0.2) is 72.8 Å². The van der Waals surface area contributed by atoms with E-state index < -0.39 is 69.3 Å². The van der Waals surface area contributed by atoms with Crippen molar-refractivity contribution in [2.45, 2.75) is 128 Å². The first-order valence-electron chi connectivity index (χ1n) is 26.3. The number of unbranched alkanes of at least 4 members (excludes halogenated alkanes) is 1. The van der Waals surface area contributed by atoms with Gasteiger partial charge >= 0.3 is 18.0 Å². The summed E-state index contributed by atoms with van der Waals surface area (Å²) in [7, 11) is -4.08. The van der Waals surface area contributed by atoms with E-state index in [-0.39, 0.29) is 76.7 Å². The van der Waals surface area contributed by atoms with Crippen molar-refractivity contribution in [2.75, 3.05) is 48.4 Å². The molecular formula is C57H64ClFN6O11S2. The molecule has 4 aromatic carbocycles. The van der Waals surface area contributed by atoms with E-state index >= 15 is 4.39 Å². The van der Waals surface area contributed by atoms with Crippen LogP contribution in [0.4, 0.5) is 26.2 Å². The number of carbonyl (C=O) groups is 6. The minimum atomic E-state index is -4.08. The Kier molecular flexibility index (Phi) is 16.3. The fourth-order valence-corrected chi connectivity index (χ4v) is 14.4. The predicted molar refractivity (Wildman–Crippen MR) is 297 cm³/mol. The number of anilines is 3. The zero-order chi connectivity index (χ0) is 55.8. The second kappa shape index (κ2) is 22.6. The highest BCUT2D eigenvalue weighted by atomic mass is 35.5.